The quantitative estimate of drug-likeness (QED) is 0.331. The molecule has 1 aliphatic rings. The van der Waals surface area contributed by atoms with Crippen LogP contribution in [0.1, 0.15) is 5.56 Å². The lowest BCUT2D eigenvalue weighted by molar-refractivity contribution is -0.128. The van der Waals surface area contributed by atoms with Crippen LogP contribution in [-0.2, 0) is 4.79 Å². The SMILES string of the molecule is [C-]#[N+]C[C@H]1CN(c2ccnc3cc(-c4cccc5cccc(C)c45)ncc23)CCN1C(=O)C=C. The Labute approximate surface area is 199 Å². The number of anilines is 1. The number of hydrogen-bond donors (Lipinski definition) is 0. The van der Waals surface area contributed by atoms with Gasteiger partial charge in [0.25, 0.3) is 0 Å². The Balaban J connectivity index is 1.53. The van der Waals surface area contributed by atoms with Crippen LogP contribution in [0.4, 0.5) is 5.69 Å². The molecule has 6 nitrogen and oxygen atoms in total. The van der Waals surface area contributed by atoms with Gasteiger partial charge in [0, 0.05) is 48.7 Å². The Bertz CT molecular complexity index is 1450. The Morgan fingerprint density at radius 2 is 2.03 bits per heavy atom. The molecule has 1 saturated heterocycles. The summed E-state index contributed by atoms with van der Waals surface area (Å²) in [6.45, 7) is 15.1. The van der Waals surface area contributed by atoms with E-state index in [1.54, 1.807) is 4.90 Å². The van der Waals surface area contributed by atoms with Crippen molar-refractivity contribution in [1.29, 1.82) is 0 Å². The molecule has 0 bridgehead atoms. The molecule has 2 aromatic heterocycles. The average molecular weight is 448 g/mol. The molecule has 34 heavy (non-hydrogen) atoms. The molecule has 1 fully saturated rings. The third-order valence-electron chi connectivity index (χ3n) is 6.58. The number of amides is 1. The van der Waals surface area contributed by atoms with Crippen molar-refractivity contribution in [2.24, 2.45) is 0 Å². The molecular formula is C28H25N5O. The molecule has 3 heterocycles. The van der Waals surface area contributed by atoms with Gasteiger partial charge < -0.3 is 14.6 Å². The Morgan fingerprint density at radius 1 is 1.21 bits per heavy atom. The van der Waals surface area contributed by atoms with Gasteiger partial charge in [-0.3, -0.25) is 14.8 Å². The zero-order chi connectivity index (χ0) is 23.7. The van der Waals surface area contributed by atoms with E-state index in [0.717, 1.165) is 27.8 Å². The highest BCUT2D eigenvalue weighted by Gasteiger charge is 2.32. The zero-order valence-electron chi connectivity index (χ0n) is 19.1. The summed E-state index contributed by atoms with van der Waals surface area (Å²) >= 11 is 0. The minimum Gasteiger partial charge on any atom is -0.367 e. The van der Waals surface area contributed by atoms with Gasteiger partial charge in [-0.25, -0.2) is 6.57 Å². The highest BCUT2D eigenvalue weighted by molar-refractivity contribution is 6.00. The van der Waals surface area contributed by atoms with Crippen LogP contribution in [0.15, 0.2) is 73.6 Å². The number of carbonyl (C=O) groups excluding carboxylic acids is 1. The van der Waals surface area contributed by atoms with Crippen molar-refractivity contribution in [3.63, 3.8) is 0 Å². The molecule has 1 amide bonds. The van der Waals surface area contributed by atoms with Crippen LogP contribution in [0.3, 0.4) is 0 Å². The third-order valence-corrected chi connectivity index (χ3v) is 6.58. The molecule has 1 aliphatic heterocycles. The van der Waals surface area contributed by atoms with Gasteiger partial charge in [0.1, 0.15) is 6.04 Å². The molecule has 0 saturated carbocycles. The molecular weight excluding hydrogens is 422 g/mol. The Kier molecular flexibility index (Phi) is 5.69. The van der Waals surface area contributed by atoms with Crippen LogP contribution in [0, 0.1) is 13.5 Å². The maximum atomic E-state index is 12.3. The molecule has 1 atom stereocenters. The minimum absolute atomic E-state index is 0.121. The number of aromatic nitrogens is 2. The highest BCUT2D eigenvalue weighted by atomic mass is 16.2. The van der Waals surface area contributed by atoms with E-state index in [1.165, 1.54) is 22.4 Å². The molecule has 6 heteroatoms. The Morgan fingerprint density at radius 3 is 2.82 bits per heavy atom. The van der Waals surface area contributed by atoms with E-state index in [2.05, 4.69) is 64.6 Å². The molecule has 0 aliphatic carbocycles. The minimum atomic E-state index is -0.175. The second-order valence-corrected chi connectivity index (χ2v) is 8.57. The first kappa shape index (κ1) is 21.6. The molecule has 0 spiro atoms. The van der Waals surface area contributed by atoms with E-state index >= 15 is 0 Å². The first-order chi connectivity index (χ1) is 16.6. The second kappa shape index (κ2) is 8.95. The topological polar surface area (TPSA) is 53.7 Å². The predicted octanol–water partition coefficient (Wildman–Crippen LogP) is 4.88. The molecule has 4 aromatic rings. The van der Waals surface area contributed by atoms with Gasteiger partial charge in [0.05, 0.1) is 11.2 Å². The number of pyridine rings is 2. The van der Waals surface area contributed by atoms with Crippen LogP contribution in [0.25, 0.3) is 37.8 Å². The standard InChI is InChI=1S/C28H25N5O/c1-4-27(34)33-14-13-32(18-21(33)16-29-3)26-11-12-30-25-15-24(31-17-23(25)26)22-10-6-9-20-8-5-7-19(2)28(20)22/h4-12,15,17,21H,1,13-14,16,18H2,2H3/t21-/m0/s1. The fourth-order valence-electron chi connectivity index (χ4n) is 4.94. The van der Waals surface area contributed by atoms with Crippen molar-refractivity contribution in [3.05, 3.63) is 90.6 Å². The van der Waals surface area contributed by atoms with Crippen LogP contribution in [0.5, 0.6) is 0 Å². The largest absolute Gasteiger partial charge is 0.367 e. The number of benzene rings is 2. The van der Waals surface area contributed by atoms with Crippen molar-refractivity contribution in [2.45, 2.75) is 13.0 Å². The summed E-state index contributed by atoms with van der Waals surface area (Å²) in [5.74, 6) is -0.121. The number of hydrogen-bond acceptors (Lipinski definition) is 4. The first-order valence-corrected chi connectivity index (χ1v) is 11.4. The number of aryl methyl sites for hydroxylation is 1. The summed E-state index contributed by atoms with van der Waals surface area (Å²) in [6.07, 6.45) is 5.05. The van der Waals surface area contributed by atoms with Gasteiger partial charge in [0.15, 0.2) is 0 Å². The summed E-state index contributed by atoms with van der Waals surface area (Å²) in [7, 11) is 0. The summed E-state index contributed by atoms with van der Waals surface area (Å²) in [4.78, 5) is 29.3. The molecule has 0 radical (unpaired) electrons. The van der Waals surface area contributed by atoms with E-state index in [9.17, 15) is 4.79 Å². The molecule has 0 N–H and O–H groups in total. The van der Waals surface area contributed by atoms with Crippen molar-refractivity contribution in [2.75, 3.05) is 31.1 Å². The maximum Gasteiger partial charge on any atom is 0.246 e. The fraction of sp³-hybridized carbons (Fsp3) is 0.214. The Hall–Kier alpha value is -4.24. The van der Waals surface area contributed by atoms with Crippen molar-refractivity contribution < 1.29 is 4.79 Å². The van der Waals surface area contributed by atoms with Gasteiger partial charge in [0.2, 0.25) is 12.5 Å². The van der Waals surface area contributed by atoms with Gasteiger partial charge in [-0.05, 0) is 41.5 Å². The van der Waals surface area contributed by atoms with Crippen LogP contribution in [-0.4, -0.2) is 53.0 Å². The average Bonchev–Trinajstić information content (AvgIpc) is 2.87. The predicted molar refractivity (Wildman–Crippen MR) is 137 cm³/mol. The lowest BCUT2D eigenvalue weighted by atomic mass is 9.97. The van der Waals surface area contributed by atoms with Crippen LogP contribution >= 0.6 is 0 Å². The fourth-order valence-corrected chi connectivity index (χ4v) is 4.94. The van der Waals surface area contributed by atoms with E-state index in [4.69, 9.17) is 11.6 Å². The first-order valence-electron chi connectivity index (χ1n) is 11.4. The summed E-state index contributed by atoms with van der Waals surface area (Å²) < 4.78 is 0. The number of rotatable bonds is 4. The highest BCUT2D eigenvalue weighted by Crippen LogP contribution is 2.33. The number of fused-ring (bicyclic) bond motifs is 2. The lowest BCUT2D eigenvalue weighted by Crippen LogP contribution is -2.56. The van der Waals surface area contributed by atoms with E-state index in [-0.39, 0.29) is 18.5 Å². The van der Waals surface area contributed by atoms with Gasteiger partial charge in [-0.1, -0.05) is 43.0 Å². The summed E-state index contributed by atoms with van der Waals surface area (Å²) in [6, 6.07) is 16.5. The van der Waals surface area contributed by atoms with Gasteiger partial charge in [-0.2, -0.15) is 0 Å². The van der Waals surface area contributed by atoms with Crippen molar-refractivity contribution in [3.8, 4) is 11.3 Å². The van der Waals surface area contributed by atoms with Crippen molar-refractivity contribution in [1.82, 2.24) is 14.9 Å². The third kappa shape index (κ3) is 3.75. The normalized spacial score (nSPS) is 15.9. The monoisotopic (exact) mass is 447 g/mol. The molecule has 168 valence electrons. The second-order valence-electron chi connectivity index (χ2n) is 8.57. The summed E-state index contributed by atoms with van der Waals surface area (Å²) in [5, 5.41) is 3.37. The molecule has 0 unspecified atom stereocenters. The van der Waals surface area contributed by atoms with Crippen LogP contribution in [0.2, 0.25) is 0 Å². The maximum absolute atomic E-state index is 12.3. The smallest absolute Gasteiger partial charge is 0.246 e. The van der Waals surface area contributed by atoms with E-state index in [1.807, 2.05) is 24.5 Å². The van der Waals surface area contributed by atoms with Crippen LogP contribution < -0.4 is 4.90 Å². The lowest BCUT2D eigenvalue weighted by Gasteiger charge is -2.40. The number of nitrogens with zero attached hydrogens (tertiary/aromatic N) is 5. The summed E-state index contributed by atoms with van der Waals surface area (Å²) in [5.41, 5.74) is 5.11. The zero-order valence-corrected chi connectivity index (χ0v) is 19.1. The van der Waals surface area contributed by atoms with Gasteiger partial charge in [-0.15, -0.1) is 0 Å². The number of carbonyl (C=O) groups is 1. The molecule has 5 rings (SSSR count). The van der Waals surface area contributed by atoms with E-state index in [0.29, 0.717) is 19.6 Å². The number of piperazine rings is 1. The van der Waals surface area contributed by atoms with E-state index < -0.39 is 0 Å². The van der Waals surface area contributed by atoms with Crippen molar-refractivity contribution >= 4 is 33.3 Å². The van der Waals surface area contributed by atoms with Gasteiger partial charge >= 0.3 is 0 Å². The molecule has 2 aromatic carbocycles.